The molecule has 1 heterocycles. The number of ether oxygens (including phenoxy) is 3. The van der Waals surface area contributed by atoms with Crippen molar-refractivity contribution in [2.75, 3.05) is 20.0 Å². The van der Waals surface area contributed by atoms with E-state index in [-0.39, 0.29) is 12.8 Å². The second-order valence-corrected chi connectivity index (χ2v) is 12.0. The zero-order valence-electron chi connectivity index (χ0n) is 12.6. The maximum Gasteiger partial charge on any atom is 0.367 e. The fourth-order valence-corrected chi connectivity index (χ4v) is 2.75. The molecule has 0 amide bonds. The number of aromatic nitrogens is 1. The Kier molecular flexibility index (Phi) is 7.35. The van der Waals surface area contributed by atoms with Gasteiger partial charge in [-0.2, -0.15) is 0 Å². The number of rotatable bonds is 9. The largest absolute Gasteiger partial charge is 0.461 e. The molecule has 7 heteroatoms. The van der Waals surface area contributed by atoms with E-state index in [2.05, 4.69) is 24.6 Å². The summed E-state index contributed by atoms with van der Waals surface area (Å²) in [5.74, 6) is -0.380. The lowest BCUT2D eigenvalue weighted by molar-refractivity contribution is -0.0581. The molecule has 0 aliphatic heterocycles. The van der Waals surface area contributed by atoms with Gasteiger partial charge in [0.05, 0.1) is 18.9 Å². The quantitative estimate of drug-likeness (QED) is 0.303. The van der Waals surface area contributed by atoms with Gasteiger partial charge in [-0.3, -0.25) is 0 Å². The van der Waals surface area contributed by atoms with Crippen LogP contribution in [0.1, 0.15) is 22.4 Å². The van der Waals surface area contributed by atoms with Crippen LogP contribution in [0.3, 0.4) is 0 Å². The van der Waals surface area contributed by atoms with Crippen molar-refractivity contribution in [1.29, 1.82) is 0 Å². The molecule has 0 radical (unpaired) electrons. The molecule has 0 saturated heterocycles. The van der Waals surface area contributed by atoms with Gasteiger partial charge < -0.3 is 14.2 Å². The van der Waals surface area contributed by atoms with Gasteiger partial charge in [0.15, 0.2) is 0 Å². The molecule has 0 saturated carbocycles. The maximum atomic E-state index is 11.4. The van der Waals surface area contributed by atoms with Crippen LogP contribution in [-0.4, -0.2) is 39.0 Å². The molecule has 0 fully saturated rings. The smallest absolute Gasteiger partial charge is 0.367 e. The van der Waals surface area contributed by atoms with E-state index in [0.717, 1.165) is 18.3 Å². The van der Waals surface area contributed by atoms with Crippen molar-refractivity contribution < 1.29 is 19.0 Å². The van der Waals surface area contributed by atoms with Gasteiger partial charge >= 0.3 is 5.97 Å². The predicted molar refractivity (Wildman–Crippen MR) is 81.8 cm³/mol. The third kappa shape index (κ3) is 7.13. The van der Waals surface area contributed by atoms with Crippen molar-refractivity contribution in [3.63, 3.8) is 0 Å². The molecule has 0 aromatic carbocycles. The summed E-state index contributed by atoms with van der Waals surface area (Å²) < 4.78 is 15.7. The van der Waals surface area contributed by atoms with Crippen LogP contribution in [0.25, 0.3) is 0 Å². The number of thiazole rings is 1. The molecule has 1 rings (SSSR count). The molecule has 0 aliphatic rings. The molecular weight excluding hydrogens is 294 g/mol. The average Bonchev–Trinajstić information content (AvgIpc) is 2.81. The molecule has 20 heavy (non-hydrogen) atoms. The second kappa shape index (κ2) is 8.51. The average molecular weight is 317 g/mol. The Morgan fingerprint density at radius 1 is 1.35 bits per heavy atom. The zero-order chi connectivity index (χ0) is 15.0. The van der Waals surface area contributed by atoms with E-state index in [1.807, 2.05) is 0 Å². The Balaban J connectivity index is 2.18. The fraction of sp³-hybridized carbons (Fsp3) is 0.692. The highest BCUT2D eigenvalue weighted by Crippen LogP contribution is 2.12. The van der Waals surface area contributed by atoms with Crippen molar-refractivity contribution >= 4 is 25.4 Å². The van der Waals surface area contributed by atoms with Gasteiger partial charge in [-0.25, -0.2) is 9.78 Å². The highest BCUT2D eigenvalue weighted by molar-refractivity contribution is 7.11. The predicted octanol–water partition coefficient (Wildman–Crippen LogP) is 3.15. The second-order valence-electron chi connectivity index (χ2n) is 5.55. The lowest BCUT2D eigenvalue weighted by Gasteiger charge is -2.15. The van der Waals surface area contributed by atoms with Gasteiger partial charge in [0, 0.05) is 20.1 Å². The number of nitrogens with zero attached hydrogens (tertiary/aromatic N) is 1. The van der Waals surface area contributed by atoms with Crippen LogP contribution in [0.15, 0.2) is 5.38 Å². The van der Waals surface area contributed by atoms with E-state index >= 15 is 0 Å². The van der Waals surface area contributed by atoms with Crippen LogP contribution in [0, 0.1) is 0 Å². The standard InChI is InChI=1S/C13H23NO4SSi/c1-5-18-13(15)12-14-11(9-19-12)8-17-10-16-6-7-20(2,3)4/h9H,5-8,10H2,1-4H3. The van der Waals surface area contributed by atoms with Gasteiger partial charge in [-0.1, -0.05) is 19.6 Å². The Bertz CT molecular complexity index is 417. The van der Waals surface area contributed by atoms with Crippen LogP contribution in [0.5, 0.6) is 0 Å². The van der Waals surface area contributed by atoms with Crippen molar-refractivity contribution in [3.8, 4) is 0 Å². The van der Waals surface area contributed by atoms with Crippen LogP contribution in [-0.2, 0) is 20.8 Å². The van der Waals surface area contributed by atoms with Crippen LogP contribution < -0.4 is 0 Å². The van der Waals surface area contributed by atoms with Crippen molar-refractivity contribution in [3.05, 3.63) is 16.1 Å². The summed E-state index contributed by atoms with van der Waals surface area (Å²) in [6.07, 6.45) is 0. The SMILES string of the molecule is CCOC(=O)c1nc(COCOCC[Si](C)(C)C)cs1. The van der Waals surface area contributed by atoms with Crippen LogP contribution in [0.2, 0.25) is 25.7 Å². The summed E-state index contributed by atoms with van der Waals surface area (Å²) in [4.78, 5) is 15.6. The number of hydrogen-bond donors (Lipinski definition) is 0. The first-order valence-electron chi connectivity index (χ1n) is 6.69. The lowest BCUT2D eigenvalue weighted by atomic mass is 10.5. The van der Waals surface area contributed by atoms with E-state index in [9.17, 15) is 4.79 Å². The molecule has 0 spiro atoms. The Labute approximate surface area is 125 Å². The van der Waals surface area contributed by atoms with Crippen molar-refractivity contribution in [2.24, 2.45) is 0 Å². The number of hydrogen-bond acceptors (Lipinski definition) is 6. The molecule has 1 aromatic heterocycles. The van der Waals surface area contributed by atoms with E-state index in [1.54, 1.807) is 12.3 Å². The minimum absolute atomic E-state index is 0.261. The zero-order valence-corrected chi connectivity index (χ0v) is 14.4. The Morgan fingerprint density at radius 3 is 2.75 bits per heavy atom. The molecule has 0 N–H and O–H groups in total. The summed E-state index contributed by atoms with van der Waals surface area (Å²) in [5.41, 5.74) is 0.729. The summed E-state index contributed by atoms with van der Waals surface area (Å²) in [6.45, 7) is 10.4. The van der Waals surface area contributed by atoms with E-state index in [4.69, 9.17) is 14.2 Å². The monoisotopic (exact) mass is 317 g/mol. The third-order valence-corrected chi connectivity index (χ3v) is 4.99. The van der Waals surface area contributed by atoms with E-state index in [1.165, 1.54) is 11.3 Å². The van der Waals surface area contributed by atoms with Crippen LogP contribution in [0.4, 0.5) is 0 Å². The number of carbonyl (C=O) groups excluding carboxylic acids is 1. The topological polar surface area (TPSA) is 57.7 Å². The molecule has 0 atom stereocenters. The Morgan fingerprint density at radius 2 is 2.10 bits per heavy atom. The molecule has 0 aliphatic carbocycles. The maximum absolute atomic E-state index is 11.4. The molecule has 0 unspecified atom stereocenters. The van der Waals surface area contributed by atoms with Crippen LogP contribution >= 0.6 is 11.3 Å². The molecule has 0 bridgehead atoms. The first-order valence-corrected chi connectivity index (χ1v) is 11.3. The molecule has 5 nitrogen and oxygen atoms in total. The highest BCUT2D eigenvalue weighted by atomic mass is 32.1. The van der Waals surface area contributed by atoms with Crippen molar-refractivity contribution in [2.45, 2.75) is 39.2 Å². The summed E-state index contributed by atoms with van der Waals surface area (Å²) in [7, 11) is -1.04. The minimum Gasteiger partial charge on any atom is -0.461 e. The molecule has 114 valence electrons. The third-order valence-electron chi connectivity index (χ3n) is 2.41. The lowest BCUT2D eigenvalue weighted by Crippen LogP contribution is -2.22. The van der Waals surface area contributed by atoms with Gasteiger partial charge in [0.2, 0.25) is 5.01 Å². The number of esters is 1. The van der Waals surface area contributed by atoms with Gasteiger partial charge in [0.25, 0.3) is 0 Å². The van der Waals surface area contributed by atoms with Crippen molar-refractivity contribution in [1.82, 2.24) is 4.98 Å². The van der Waals surface area contributed by atoms with Gasteiger partial charge in [-0.05, 0) is 13.0 Å². The summed E-state index contributed by atoms with van der Waals surface area (Å²) >= 11 is 1.27. The highest BCUT2D eigenvalue weighted by Gasteiger charge is 2.13. The number of carbonyl (C=O) groups is 1. The summed E-state index contributed by atoms with van der Waals surface area (Å²) in [6, 6.07) is 1.13. The summed E-state index contributed by atoms with van der Waals surface area (Å²) in [5, 5.41) is 2.17. The Hall–Kier alpha value is -0.763. The first kappa shape index (κ1) is 17.3. The minimum atomic E-state index is -1.04. The molecular formula is C13H23NO4SSi. The first-order chi connectivity index (χ1) is 9.42. The molecule has 1 aromatic rings. The van der Waals surface area contributed by atoms with E-state index in [0.29, 0.717) is 18.2 Å². The van der Waals surface area contributed by atoms with E-state index < -0.39 is 8.07 Å². The normalized spacial score (nSPS) is 11.6. The van der Waals surface area contributed by atoms with Gasteiger partial charge in [-0.15, -0.1) is 11.3 Å². The fourth-order valence-electron chi connectivity index (χ4n) is 1.30. The van der Waals surface area contributed by atoms with Gasteiger partial charge in [0.1, 0.15) is 6.79 Å².